The number of carbonyl (C=O) groups excluding carboxylic acids is 1. The Kier molecular flexibility index (Phi) is 6.92. The molecule has 2 aromatic rings. The second-order valence-corrected chi connectivity index (χ2v) is 6.90. The number of likely N-dealkylation sites (N-methyl/N-ethyl adjacent to an activating group) is 1. The van der Waals surface area contributed by atoms with Crippen LogP contribution >= 0.6 is 22.9 Å². The molecule has 8 heteroatoms. The second-order valence-electron chi connectivity index (χ2n) is 5.52. The third kappa shape index (κ3) is 5.01. The molecule has 1 atom stereocenters. The molecule has 0 radical (unpaired) electrons. The Hall–Kier alpha value is -1.96. The summed E-state index contributed by atoms with van der Waals surface area (Å²) in [5, 5.41) is 8.02. The summed E-state index contributed by atoms with van der Waals surface area (Å²) in [7, 11) is 7.02. The molecule has 2 N–H and O–H groups in total. The summed E-state index contributed by atoms with van der Waals surface area (Å²) in [6.07, 6.45) is 0. The van der Waals surface area contributed by atoms with Crippen molar-refractivity contribution in [1.82, 2.24) is 10.2 Å². The van der Waals surface area contributed by atoms with Crippen LogP contribution in [-0.2, 0) is 0 Å². The Labute approximate surface area is 156 Å². The number of carbonyl (C=O) groups is 1. The van der Waals surface area contributed by atoms with E-state index in [2.05, 4.69) is 21.6 Å². The third-order valence-electron chi connectivity index (χ3n) is 3.67. The minimum absolute atomic E-state index is 0.103. The van der Waals surface area contributed by atoms with Crippen molar-refractivity contribution in [3.63, 3.8) is 0 Å². The first kappa shape index (κ1) is 19.4. The highest BCUT2D eigenvalue weighted by molar-refractivity contribution is 7.10. The van der Waals surface area contributed by atoms with Gasteiger partial charge in [-0.1, -0.05) is 17.7 Å². The molecule has 136 valence electrons. The van der Waals surface area contributed by atoms with Crippen LogP contribution in [0.15, 0.2) is 29.6 Å². The fourth-order valence-electron chi connectivity index (χ4n) is 2.32. The lowest BCUT2D eigenvalue weighted by atomic mass is 10.2. The first-order chi connectivity index (χ1) is 12.0. The zero-order valence-corrected chi connectivity index (χ0v) is 16.2. The maximum atomic E-state index is 12.2. The molecule has 1 aromatic heterocycles. The molecular weight excluding hydrogens is 362 g/mol. The van der Waals surface area contributed by atoms with Gasteiger partial charge in [0, 0.05) is 23.6 Å². The van der Waals surface area contributed by atoms with Gasteiger partial charge in [0.05, 0.1) is 31.0 Å². The number of nitrogens with zero attached hydrogens (tertiary/aromatic N) is 1. The highest BCUT2D eigenvalue weighted by Crippen LogP contribution is 2.36. The summed E-state index contributed by atoms with van der Waals surface area (Å²) < 4.78 is 10.4. The van der Waals surface area contributed by atoms with E-state index in [1.54, 1.807) is 23.5 Å². The van der Waals surface area contributed by atoms with Crippen LogP contribution in [0.2, 0.25) is 5.02 Å². The van der Waals surface area contributed by atoms with Crippen LogP contribution in [0.1, 0.15) is 10.9 Å². The molecule has 1 heterocycles. The van der Waals surface area contributed by atoms with Crippen LogP contribution in [0.3, 0.4) is 0 Å². The van der Waals surface area contributed by atoms with Gasteiger partial charge < -0.3 is 25.0 Å². The van der Waals surface area contributed by atoms with E-state index < -0.39 is 0 Å². The summed E-state index contributed by atoms with van der Waals surface area (Å²) in [5.74, 6) is 0.996. The van der Waals surface area contributed by atoms with E-state index in [-0.39, 0.29) is 12.1 Å². The Bertz CT molecular complexity index is 707. The molecule has 2 amide bonds. The number of halogens is 1. The molecule has 0 saturated heterocycles. The number of nitrogens with one attached hydrogen (secondary N) is 2. The first-order valence-corrected chi connectivity index (χ1v) is 8.88. The molecule has 0 saturated carbocycles. The van der Waals surface area contributed by atoms with E-state index in [9.17, 15) is 4.79 Å². The minimum Gasteiger partial charge on any atom is -0.493 e. The normalized spacial score (nSPS) is 11.9. The number of urea groups is 1. The number of benzene rings is 1. The zero-order chi connectivity index (χ0) is 18.4. The van der Waals surface area contributed by atoms with Crippen molar-refractivity contribution >= 4 is 34.7 Å². The summed E-state index contributed by atoms with van der Waals surface area (Å²) >= 11 is 7.85. The van der Waals surface area contributed by atoms with Gasteiger partial charge in [-0.15, -0.1) is 11.3 Å². The van der Waals surface area contributed by atoms with Gasteiger partial charge in [0.2, 0.25) is 0 Å². The van der Waals surface area contributed by atoms with E-state index in [0.29, 0.717) is 28.8 Å². The van der Waals surface area contributed by atoms with Crippen molar-refractivity contribution in [2.75, 3.05) is 40.2 Å². The molecular formula is C17H22ClN3O3S. The molecule has 0 aliphatic carbocycles. The van der Waals surface area contributed by atoms with Crippen molar-refractivity contribution in [2.24, 2.45) is 0 Å². The minimum atomic E-state index is -0.336. The van der Waals surface area contributed by atoms with Gasteiger partial charge in [0.25, 0.3) is 0 Å². The number of hydrogen-bond donors (Lipinski definition) is 2. The largest absolute Gasteiger partial charge is 0.493 e. The molecule has 0 bridgehead atoms. The molecule has 6 nitrogen and oxygen atoms in total. The molecule has 1 aromatic carbocycles. The number of thiophene rings is 1. The van der Waals surface area contributed by atoms with Gasteiger partial charge in [-0.25, -0.2) is 4.79 Å². The van der Waals surface area contributed by atoms with Crippen LogP contribution in [-0.4, -0.2) is 45.8 Å². The lowest BCUT2D eigenvalue weighted by Gasteiger charge is -2.23. The van der Waals surface area contributed by atoms with E-state index in [1.165, 1.54) is 19.1 Å². The average Bonchev–Trinajstić information content (AvgIpc) is 3.10. The third-order valence-corrected chi connectivity index (χ3v) is 4.96. The number of amides is 2. The van der Waals surface area contributed by atoms with Gasteiger partial charge in [-0.05, 0) is 25.5 Å². The Morgan fingerprint density at radius 3 is 2.52 bits per heavy atom. The lowest BCUT2D eigenvalue weighted by Crippen LogP contribution is -2.36. The van der Waals surface area contributed by atoms with Gasteiger partial charge in [-0.3, -0.25) is 0 Å². The predicted octanol–water partition coefficient (Wildman–Crippen LogP) is 3.84. The lowest BCUT2D eigenvalue weighted by molar-refractivity contribution is 0.244. The average molecular weight is 384 g/mol. The second kappa shape index (κ2) is 8.94. The summed E-state index contributed by atoms with van der Waals surface area (Å²) in [6.45, 7) is 0.476. The molecule has 0 spiro atoms. The van der Waals surface area contributed by atoms with Gasteiger partial charge in [0.1, 0.15) is 0 Å². The molecule has 25 heavy (non-hydrogen) atoms. The van der Waals surface area contributed by atoms with E-state index >= 15 is 0 Å². The molecule has 0 fully saturated rings. The van der Waals surface area contributed by atoms with Crippen LogP contribution in [0.5, 0.6) is 11.5 Å². The van der Waals surface area contributed by atoms with Gasteiger partial charge in [0.15, 0.2) is 11.5 Å². The van der Waals surface area contributed by atoms with Crippen molar-refractivity contribution in [3.05, 3.63) is 39.5 Å². The van der Waals surface area contributed by atoms with Gasteiger partial charge in [-0.2, -0.15) is 0 Å². The molecule has 0 aliphatic rings. The van der Waals surface area contributed by atoms with Gasteiger partial charge >= 0.3 is 6.03 Å². The van der Waals surface area contributed by atoms with Crippen molar-refractivity contribution in [3.8, 4) is 11.5 Å². The fourth-order valence-corrected chi connectivity index (χ4v) is 3.45. The quantitative estimate of drug-likeness (QED) is 0.762. The topological polar surface area (TPSA) is 62.8 Å². The summed E-state index contributed by atoms with van der Waals surface area (Å²) in [5.41, 5.74) is 0.453. The predicted molar refractivity (Wildman–Crippen MR) is 102 cm³/mol. The Balaban J connectivity index is 2.02. The van der Waals surface area contributed by atoms with E-state index in [0.717, 1.165) is 0 Å². The van der Waals surface area contributed by atoms with Crippen molar-refractivity contribution in [1.29, 1.82) is 0 Å². The Morgan fingerprint density at radius 1 is 1.28 bits per heavy atom. The zero-order valence-electron chi connectivity index (χ0n) is 14.6. The first-order valence-electron chi connectivity index (χ1n) is 7.62. The summed E-state index contributed by atoms with van der Waals surface area (Å²) in [4.78, 5) is 15.5. The van der Waals surface area contributed by atoms with E-state index in [4.69, 9.17) is 21.1 Å². The molecule has 2 rings (SSSR count). The monoisotopic (exact) mass is 383 g/mol. The Morgan fingerprint density at radius 2 is 1.96 bits per heavy atom. The van der Waals surface area contributed by atoms with Crippen molar-refractivity contribution < 1.29 is 14.3 Å². The number of ether oxygens (including phenoxy) is 2. The van der Waals surface area contributed by atoms with Crippen LogP contribution in [0.4, 0.5) is 10.5 Å². The number of anilines is 1. The highest BCUT2D eigenvalue weighted by Gasteiger charge is 2.17. The smallest absolute Gasteiger partial charge is 0.319 e. The molecule has 0 unspecified atom stereocenters. The van der Waals surface area contributed by atoms with Crippen LogP contribution < -0.4 is 20.1 Å². The van der Waals surface area contributed by atoms with Crippen LogP contribution in [0.25, 0.3) is 0 Å². The standard InChI is InChI=1S/C17H22ClN3O3S/c1-21(2)13(16-6-5-7-25-16)10-19-17(22)20-12-9-15(24-4)14(23-3)8-11(12)18/h5-9,13H,10H2,1-4H3,(H2,19,20,22)/t13-/m1/s1. The maximum Gasteiger partial charge on any atom is 0.319 e. The van der Waals surface area contributed by atoms with Crippen molar-refractivity contribution in [2.45, 2.75) is 6.04 Å². The van der Waals surface area contributed by atoms with Crippen LogP contribution in [0, 0.1) is 0 Å². The fraction of sp³-hybridized carbons (Fsp3) is 0.353. The maximum absolute atomic E-state index is 12.2. The number of rotatable bonds is 7. The van der Waals surface area contributed by atoms with E-state index in [1.807, 2.05) is 25.5 Å². The number of methoxy groups -OCH3 is 2. The SMILES string of the molecule is COc1cc(Cl)c(NC(=O)NC[C@H](c2cccs2)N(C)C)cc1OC. The molecule has 0 aliphatic heterocycles. The number of hydrogen-bond acceptors (Lipinski definition) is 5. The highest BCUT2D eigenvalue weighted by atomic mass is 35.5. The summed E-state index contributed by atoms with van der Waals surface area (Å²) in [6, 6.07) is 7.05.